The number of carbonyl (C=O) groups is 2. The lowest BCUT2D eigenvalue weighted by Gasteiger charge is -2.37. The van der Waals surface area contributed by atoms with Gasteiger partial charge in [-0.1, -0.05) is 6.07 Å². The summed E-state index contributed by atoms with van der Waals surface area (Å²) in [6.45, 7) is 3.38. The predicted octanol–water partition coefficient (Wildman–Crippen LogP) is 3.52. The summed E-state index contributed by atoms with van der Waals surface area (Å²) in [6, 6.07) is 9.42. The molecular weight excluding hydrogens is 400 g/mol. The summed E-state index contributed by atoms with van der Waals surface area (Å²) in [5.41, 5.74) is 1.15. The van der Waals surface area contributed by atoms with Gasteiger partial charge in [-0.25, -0.2) is 0 Å². The molecule has 2 heterocycles. The molecule has 2 amide bonds. The first-order valence-corrected chi connectivity index (χ1v) is 11.3. The molecule has 2 aromatic rings. The van der Waals surface area contributed by atoms with Crippen molar-refractivity contribution in [2.45, 2.75) is 32.2 Å². The summed E-state index contributed by atoms with van der Waals surface area (Å²) in [5.74, 6) is 1.95. The second-order valence-corrected chi connectivity index (χ2v) is 8.99. The Morgan fingerprint density at radius 1 is 1.23 bits per heavy atom. The van der Waals surface area contributed by atoms with E-state index in [9.17, 15) is 9.59 Å². The Morgan fingerprint density at radius 3 is 2.77 bits per heavy atom. The van der Waals surface area contributed by atoms with Crippen molar-refractivity contribution in [3.8, 4) is 11.5 Å². The molecule has 7 heteroatoms. The van der Waals surface area contributed by atoms with Crippen molar-refractivity contribution in [1.82, 2.24) is 9.80 Å². The number of amides is 2. The molecule has 1 aromatic carbocycles. The molecule has 4 rings (SSSR count). The van der Waals surface area contributed by atoms with Gasteiger partial charge in [0, 0.05) is 31.0 Å². The highest BCUT2D eigenvalue weighted by Crippen LogP contribution is 2.35. The van der Waals surface area contributed by atoms with Crippen molar-refractivity contribution >= 4 is 23.2 Å². The zero-order valence-corrected chi connectivity index (χ0v) is 18.3. The molecule has 0 radical (unpaired) electrons. The molecular formula is C23H28N2O4S. The Morgan fingerprint density at radius 2 is 2.03 bits per heavy atom. The number of rotatable bonds is 8. The number of hydrogen-bond donors (Lipinski definition) is 0. The lowest BCUT2D eigenvalue weighted by atomic mass is 10.0. The molecule has 0 unspecified atom stereocenters. The van der Waals surface area contributed by atoms with E-state index in [0.29, 0.717) is 31.4 Å². The lowest BCUT2D eigenvalue weighted by Crippen LogP contribution is -2.47. The Labute approximate surface area is 181 Å². The van der Waals surface area contributed by atoms with Gasteiger partial charge in [0.05, 0.1) is 19.7 Å². The van der Waals surface area contributed by atoms with E-state index in [1.807, 2.05) is 29.2 Å². The van der Waals surface area contributed by atoms with Gasteiger partial charge in [0.25, 0.3) is 0 Å². The third-order valence-corrected chi connectivity index (χ3v) is 6.81. The van der Waals surface area contributed by atoms with Crippen molar-refractivity contribution in [1.29, 1.82) is 0 Å². The van der Waals surface area contributed by atoms with Crippen LogP contribution >= 0.6 is 11.3 Å². The van der Waals surface area contributed by atoms with E-state index in [1.165, 1.54) is 4.88 Å². The number of nitrogens with zero attached hydrogens (tertiary/aromatic N) is 2. The highest BCUT2D eigenvalue weighted by molar-refractivity contribution is 7.10. The van der Waals surface area contributed by atoms with Crippen molar-refractivity contribution in [3.05, 3.63) is 46.2 Å². The van der Waals surface area contributed by atoms with Crippen LogP contribution in [0.15, 0.2) is 35.7 Å². The SMILES string of the molecule is COc1cccc(OC[C@H]2c3ccsc3CCN2C(=O)CN(CC2CC2)C(C)=O)c1. The van der Waals surface area contributed by atoms with E-state index >= 15 is 0 Å². The van der Waals surface area contributed by atoms with Crippen LogP contribution in [0.5, 0.6) is 11.5 Å². The number of carbonyl (C=O) groups excluding carboxylic acids is 2. The van der Waals surface area contributed by atoms with Crippen molar-refractivity contribution in [3.63, 3.8) is 0 Å². The molecule has 1 aliphatic heterocycles. The van der Waals surface area contributed by atoms with E-state index in [2.05, 4.69) is 11.4 Å². The molecule has 1 saturated carbocycles. The fourth-order valence-corrected chi connectivity index (χ4v) is 4.84. The van der Waals surface area contributed by atoms with E-state index in [4.69, 9.17) is 9.47 Å². The minimum atomic E-state index is -0.159. The second kappa shape index (κ2) is 9.08. The maximum Gasteiger partial charge on any atom is 0.242 e. The molecule has 2 aliphatic rings. The molecule has 6 nitrogen and oxygen atoms in total. The highest BCUT2D eigenvalue weighted by Gasteiger charge is 2.34. The molecule has 0 N–H and O–H groups in total. The van der Waals surface area contributed by atoms with Crippen LogP contribution in [0.2, 0.25) is 0 Å². The summed E-state index contributed by atoms with van der Waals surface area (Å²) in [6.07, 6.45) is 3.14. The smallest absolute Gasteiger partial charge is 0.242 e. The molecule has 1 aliphatic carbocycles. The summed E-state index contributed by atoms with van der Waals surface area (Å²) in [4.78, 5) is 30.2. The van der Waals surface area contributed by atoms with Crippen LogP contribution in [-0.4, -0.2) is 55.0 Å². The van der Waals surface area contributed by atoms with Crippen molar-refractivity contribution in [2.75, 3.05) is 33.4 Å². The minimum absolute atomic E-state index is 0.0121. The van der Waals surface area contributed by atoms with Gasteiger partial charge in [-0.05, 0) is 54.3 Å². The van der Waals surface area contributed by atoms with E-state index in [0.717, 1.165) is 30.6 Å². The standard InChI is InChI=1S/C23H28N2O4S/c1-16(26)24(13-17-6-7-17)14-23(27)25-10-8-22-20(9-11-30-22)21(25)15-29-19-5-3-4-18(12-19)28-2/h3-5,9,11-12,17,21H,6-8,10,13-15H2,1-2H3/t21-/m0/s1. The van der Waals surface area contributed by atoms with Gasteiger partial charge >= 0.3 is 0 Å². The maximum atomic E-state index is 13.2. The normalized spacial score (nSPS) is 17.9. The monoisotopic (exact) mass is 428 g/mol. The zero-order valence-electron chi connectivity index (χ0n) is 17.5. The topological polar surface area (TPSA) is 59.1 Å². The number of ether oxygens (including phenoxy) is 2. The van der Waals surface area contributed by atoms with Gasteiger partial charge in [0.15, 0.2) is 0 Å². The Hall–Kier alpha value is -2.54. The number of thiophene rings is 1. The van der Waals surface area contributed by atoms with Gasteiger partial charge in [0.2, 0.25) is 11.8 Å². The van der Waals surface area contributed by atoms with Crippen LogP contribution in [0, 0.1) is 5.92 Å². The average molecular weight is 429 g/mol. The first-order chi connectivity index (χ1) is 14.5. The van der Waals surface area contributed by atoms with E-state index < -0.39 is 0 Å². The summed E-state index contributed by atoms with van der Waals surface area (Å²) in [7, 11) is 1.63. The second-order valence-electron chi connectivity index (χ2n) is 7.98. The van der Waals surface area contributed by atoms with Crippen molar-refractivity contribution < 1.29 is 19.1 Å². The maximum absolute atomic E-state index is 13.2. The van der Waals surface area contributed by atoms with Gasteiger partial charge < -0.3 is 19.3 Å². The fraction of sp³-hybridized carbons (Fsp3) is 0.478. The van der Waals surface area contributed by atoms with E-state index in [-0.39, 0.29) is 24.4 Å². The third kappa shape index (κ3) is 4.78. The Balaban J connectivity index is 1.48. The first-order valence-electron chi connectivity index (χ1n) is 10.4. The molecule has 1 aromatic heterocycles. The number of benzene rings is 1. The largest absolute Gasteiger partial charge is 0.497 e. The summed E-state index contributed by atoms with van der Waals surface area (Å²) in [5, 5.41) is 2.08. The van der Waals surface area contributed by atoms with Crippen LogP contribution in [0.3, 0.4) is 0 Å². The van der Waals surface area contributed by atoms with Gasteiger partial charge in [-0.3, -0.25) is 9.59 Å². The Kier molecular flexibility index (Phi) is 6.27. The average Bonchev–Trinajstić information content (AvgIpc) is 3.44. The molecule has 0 bridgehead atoms. The molecule has 1 atom stereocenters. The lowest BCUT2D eigenvalue weighted by molar-refractivity contribution is -0.142. The molecule has 1 fully saturated rings. The molecule has 30 heavy (non-hydrogen) atoms. The highest BCUT2D eigenvalue weighted by atomic mass is 32.1. The summed E-state index contributed by atoms with van der Waals surface area (Å²) >= 11 is 1.73. The van der Waals surface area contributed by atoms with Gasteiger partial charge in [-0.15, -0.1) is 11.3 Å². The minimum Gasteiger partial charge on any atom is -0.497 e. The Bertz CT molecular complexity index is 908. The first kappa shape index (κ1) is 20.7. The van der Waals surface area contributed by atoms with Crippen LogP contribution in [0.25, 0.3) is 0 Å². The third-order valence-electron chi connectivity index (χ3n) is 5.81. The zero-order chi connectivity index (χ0) is 21.1. The van der Waals surface area contributed by atoms with Gasteiger partial charge in [-0.2, -0.15) is 0 Å². The van der Waals surface area contributed by atoms with Crippen molar-refractivity contribution in [2.24, 2.45) is 5.92 Å². The number of methoxy groups -OCH3 is 1. The van der Waals surface area contributed by atoms with Crippen LogP contribution in [0.4, 0.5) is 0 Å². The van der Waals surface area contributed by atoms with Crippen LogP contribution in [-0.2, 0) is 16.0 Å². The quantitative estimate of drug-likeness (QED) is 0.646. The van der Waals surface area contributed by atoms with Crippen LogP contribution < -0.4 is 9.47 Å². The number of hydrogen-bond acceptors (Lipinski definition) is 5. The molecule has 160 valence electrons. The molecule has 0 saturated heterocycles. The molecule has 0 spiro atoms. The summed E-state index contributed by atoms with van der Waals surface area (Å²) < 4.78 is 11.3. The van der Waals surface area contributed by atoms with Gasteiger partial charge in [0.1, 0.15) is 18.1 Å². The predicted molar refractivity (Wildman–Crippen MR) is 116 cm³/mol. The van der Waals surface area contributed by atoms with Crippen LogP contribution in [0.1, 0.15) is 36.2 Å². The van der Waals surface area contributed by atoms with E-state index in [1.54, 1.807) is 30.3 Å². The number of fused-ring (bicyclic) bond motifs is 1. The fourth-order valence-electron chi connectivity index (χ4n) is 3.91.